The highest BCUT2D eigenvalue weighted by Gasteiger charge is 2.56. The van der Waals surface area contributed by atoms with Gasteiger partial charge in [-0.15, -0.1) is 0 Å². The van der Waals surface area contributed by atoms with E-state index in [1.54, 1.807) is 30.5 Å². The number of anilines is 2. The predicted molar refractivity (Wildman–Crippen MR) is 131 cm³/mol. The van der Waals surface area contributed by atoms with Crippen LogP contribution in [0.2, 0.25) is 0 Å². The quantitative estimate of drug-likeness (QED) is 0.342. The van der Waals surface area contributed by atoms with Gasteiger partial charge in [-0.3, -0.25) is 14.6 Å². The van der Waals surface area contributed by atoms with Crippen molar-refractivity contribution in [2.75, 3.05) is 10.6 Å². The Morgan fingerprint density at radius 2 is 1.51 bits per heavy atom. The van der Waals surface area contributed by atoms with Gasteiger partial charge >= 0.3 is 0 Å². The number of halogens is 1. The van der Waals surface area contributed by atoms with Gasteiger partial charge < -0.3 is 15.4 Å². The van der Waals surface area contributed by atoms with Crippen LogP contribution in [0.5, 0.6) is 11.5 Å². The summed E-state index contributed by atoms with van der Waals surface area (Å²) in [5.41, 5.74) is 3.48. The van der Waals surface area contributed by atoms with Crippen molar-refractivity contribution >= 4 is 34.1 Å². The molecule has 1 unspecified atom stereocenters. The highest BCUT2D eigenvalue weighted by atomic mass is 19.1. The zero-order valence-corrected chi connectivity index (χ0v) is 19.0. The molecule has 3 aromatic carbocycles. The molecule has 2 N–H and O–H groups in total. The molecule has 1 atom stereocenters. The minimum absolute atomic E-state index is 0.359. The first-order valence-corrected chi connectivity index (χ1v) is 11.5. The number of benzene rings is 3. The van der Waals surface area contributed by atoms with Crippen molar-refractivity contribution < 1.29 is 18.7 Å². The maximum absolute atomic E-state index is 13.1. The van der Waals surface area contributed by atoms with Crippen LogP contribution in [0.1, 0.15) is 36.8 Å². The minimum atomic E-state index is -1.11. The van der Waals surface area contributed by atoms with Crippen molar-refractivity contribution in [3.05, 3.63) is 89.9 Å². The number of amides is 2. The van der Waals surface area contributed by atoms with E-state index in [0.717, 1.165) is 16.7 Å². The summed E-state index contributed by atoms with van der Waals surface area (Å²) < 4.78 is 19.2. The van der Waals surface area contributed by atoms with Crippen molar-refractivity contribution in [1.82, 2.24) is 4.98 Å². The lowest BCUT2D eigenvalue weighted by Crippen LogP contribution is -2.35. The zero-order chi connectivity index (χ0) is 24.2. The molecule has 6 nitrogen and oxygen atoms in total. The Morgan fingerprint density at radius 1 is 0.914 bits per heavy atom. The van der Waals surface area contributed by atoms with E-state index in [9.17, 15) is 14.0 Å². The Morgan fingerprint density at radius 3 is 2.14 bits per heavy atom. The highest BCUT2D eigenvalue weighted by molar-refractivity contribution is 6.16. The van der Waals surface area contributed by atoms with Gasteiger partial charge in [0, 0.05) is 28.9 Å². The number of rotatable bonds is 6. The van der Waals surface area contributed by atoms with Gasteiger partial charge in [-0.2, -0.15) is 0 Å². The molecular weight excluding hydrogens is 445 g/mol. The molecule has 0 radical (unpaired) electrons. The number of nitrogens with one attached hydrogen (secondary N) is 2. The molecule has 1 aromatic heterocycles. The second-order valence-electron chi connectivity index (χ2n) is 9.15. The predicted octanol–water partition coefficient (Wildman–Crippen LogP) is 5.99. The number of fused-ring (bicyclic) bond motifs is 2. The van der Waals surface area contributed by atoms with Crippen LogP contribution in [0.15, 0.2) is 72.9 Å². The van der Waals surface area contributed by atoms with Crippen molar-refractivity contribution in [3.63, 3.8) is 0 Å². The number of hydrogen-bond donors (Lipinski definition) is 2. The van der Waals surface area contributed by atoms with Gasteiger partial charge in [0.15, 0.2) is 0 Å². The summed E-state index contributed by atoms with van der Waals surface area (Å²) in [6.07, 6.45) is 2.66. The summed E-state index contributed by atoms with van der Waals surface area (Å²) in [6.45, 7) is 2.18. The summed E-state index contributed by atoms with van der Waals surface area (Å²) >= 11 is 0. The number of carbonyl (C=O) groups is 2. The van der Waals surface area contributed by atoms with Gasteiger partial charge in [-0.05, 0) is 90.7 Å². The van der Waals surface area contributed by atoms with Crippen LogP contribution in [0.3, 0.4) is 0 Å². The lowest BCUT2D eigenvalue weighted by Gasteiger charge is -2.16. The van der Waals surface area contributed by atoms with Crippen LogP contribution >= 0.6 is 0 Å². The first kappa shape index (κ1) is 21.3. The first-order chi connectivity index (χ1) is 16.9. The van der Waals surface area contributed by atoms with E-state index < -0.39 is 11.2 Å². The summed E-state index contributed by atoms with van der Waals surface area (Å²) in [7, 11) is 0. The molecule has 1 saturated carbocycles. The smallest absolute Gasteiger partial charge is 0.240 e. The first-order valence-electron chi connectivity index (χ1n) is 11.5. The van der Waals surface area contributed by atoms with Crippen LogP contribution in [0.4, 0.5) is 15.8 Å². The Bertz CT molecular complexity index is 1480. The van der Waals surface area contributed by atoms with E-state index in [1.165, 1.54) is 35.4 Å². The zero-order valence-electron chi connectivity index (χ0n) is 19.0. The second kappa shape index (κ2) is 7.91. The van der Waals surface area contributed by atoms with Crippen LogP contribution in [0, 0.1) is 11.2 Å². The maximum Gasteiger partial charge on any atom is 0.240 e. The van der Waals surface area contributed by atoms with Crippen molar-refractivity contribution in [3.8, 4) is 11.5 Å². The summed E-state index contributed by atoms with van der Waals surface area (Å²) in [4.78, 5) is 30.1. The van der Waals surface area contributed by atoms with Gasteiger partial charge in [0.1, 0.15) is 22.7 Å². The molecule has 2 aliphatic carbocycles. The largest absolute Gasteiger partial charge is 0.457 e. The monoisotopic (exact) mass is 467 g/mol. The van der Waals surface area contributed by atoms with Crippen molar-refractivity contribution in [2.45, 2.75) is 25.7 Å². The van der Waals surface area contributed by atoms with E-state index >= 15 is 0 Å². The molecule has 1 fully saturated rings. The molecule has 4 aromatic rings. The second-order valence-corrected chi connectivity index (χ2v) is 9.15. The highest BCUT2D eigenvalue weighted by Crippen LogP contribution is 2.48. The van der Waals surface area contributed by atoms with Crippen LogP contribution < -0.4 is 15.4 Å². The maximum atomic E-state index is 13.1. The lowest BCUT2D eigenvalue weighted by atomic mass is 10.0. The lowest BCUT2D eigenvalue weighted by molar-refractivity contribution is -0.131. The summed E-state index contributed by atoms with van der Waals surface area (Å²) in [5, 5.41) is 6.51. The number of ether oxygens (including phenoxy) is 1. The Kier molecular flexibility index (Phi) is 4.81. The van der Waals surface area contributed by atoms with Crippen molar-refractivity contribution in [2.24, 2.45) is 5.41 Å². The molecule has 6 rings (SSSR count). The fraction of sp³-hybridized carbons (Fsp3) is 0.179. The topological polar surface area (TPSA) is 80.3 Å². The summed E-state index contributed by atoms with van der Waals surface area (Å²) in [5.74, 6) is 0.694. The van der Waals surface area contributed by atoms with Crippen molar-refractivity contribution in [1.29, 1.82) is 0 Å². The van der Waals surface area contributed by atoms with Gasteiger partial charge in [0.05, 0.1) is 5.52 Å². The van der Waals surface area contributed by atoms with E-state index in [-0.39, 0.29) is 11.8 Å². The summed E-state index contributed by atoms with van der Waals surface area (Å²) in [6, 6.07) is 18.6. The van der Waals surface area contributed by atoms with Crippen LogP contribution in [0.25, 0.3) is 10.9 Å². The molecule has 174 valence electrons. The Hall–Kier alpha value is -4.26. The van der Waals surface area contributed by atoms with E-state index in [1.807, 2.05) is 6.07 Å². The molecule has 2 aliphatic rings. The standard InChI is InChI=1S/C28H22FN3O3/c1-16-21-14-23-24(15-22(16)21)30-13-10-25(23)35-20-8-6-19(7-9-20)32-27(34)28(11-12-28)26(33)31-18-4-2-17(29)3-5-18/h2-10,13-16H,11-12H2,1H3,(H,31,33)(H,32,34). The van der Waals surface area contributed by atoms with E-state index in [4.69, 9.17) is 4.74 Å². The van der Waals surface area contributed by atoms with Crippen LogP contribution in [-0.2, 0) is 9.59 Å². The third-order valence-corrected chi connectivity index (χ3v) is 6.82. The average molecular weight is 468 g/mol. The van der Waals surface area contributed by atoms with Gasteiger partial charge in [0.2, 0.25) is 11.8 Å². The fourth-order valence-corrected chi connectivity index (χ4v) is 4.37. The third kappa shape index (κ3) is 3.89. The minimum Gasteiger partial charge on any atom is -0.457 e. The number of nitrogens with zero attached hydrogens (tertiary/aromatic N) is 1. The van der Waals surface area contributed by atoms with Gasteiger partial charge in [-0.25, -0.2) is 4.39 Å². The molecule has 0 saturated heterocycles. The number of pyridine rings is 1. The normalized spacial score (nSPS) is 16.8. The molecule has 0 aliphatic heterocycles. The fourth-order valence-electron chi connectivity index (χ4n) is 4.37. The van der Waals surface area contributed by atoms with E-state index in [2.05, 4.69) is 34.7 Å². The molecular formula is C28H22FN3O3. The molecule has 0 spiro atoms. The molecule has 1 heterocycles. The van der Waals surface area contributed by atoms with Crippen LogP contribution in [-0.4, -0.2) is 16.8 Å². The Balaban J connectivity index is 1.13. The molecule has 35 heavy (non-hydrogen) atoms. The average Bonchev–Trinajstić information content (AvgIpc) is 3.78. The van der Waals surface area contributed by atoms with Gasteiger partial charge in [-0.1, -0.05) is 6.92 Å². The number of carbonyl (C=O) groups excluding carboxylic acids is 2. The van der Waals surface area contributed by atoms with E-state index in [0.29, 0.717) is 35.9 Å². The molecule has 7 heteroatoms. The molecule has 0 bridgehead atoms. The Labute approximate surface area is 201 Å². The third-order valence-electron chi connectivity index (χ3n) is 6.82. The molecule has 2 amide bonds. The SMILES string of the molecule is CC1c2cc3nccc(Oc4ccc(NC(=O)C5(C(=O)Nc6ccc(F)cc6)CC5)cc4)c3cc21. The number of aromatic nitrogens is 1. The van der Waals surface area contributed by atoms with Gasteiger partial charge in [0.25, 0.3) is 0 Å². The number of hydrogen-bond acceptors (Lipinski definition) is 4.